The van der Waals surface area contributed by atoms with Gasteiger partial charge in [0.15, 0.2) is 0 Å². The maximum absolute atomic E-state index is 14.0. The van der Waals surface area contributed by atoms with E-state index in [-0.39, 0.29) is 48.6 Å². The SMILES string of the molecule is C=CC(=O)OCC/C(=N\OC(=O)n1cccc1)C(=O)c1ccc2c(c1)c1cc(C(=O)/C(CCOC(=O)C=C)=N/OC(=O)n3cccc3)ccc1n2-c1ccccc1. The van der Waals surface area contributed by atoms with E-state index >= 15 is 0 Å². The van der Waals surface area contributed by atoms with E-state index in [1.54, 1.807) is 60.7 Å². The van der Waals surface area contributed by atoms with Crippen LogP contribution in [0.15, 0.2) is 151 Å². The van der Waals surface area contributed by atoms with Crippen molar-refractivity contribution in [3.63, 3.8) is 0 Å². The number of ether oxygens (including phenoxy) is 2. The average molecular weight is 768 g/mol. The van der Waals surface area contributed by atoms with E-state index < -0.39 is 35.7 Å². The van der Waals surface area contributed by atoms with Crippen molar-refractivity contribution in [2.75, 3.05) is 13.2 Å². The molecule has 0 aliphatic carbocycles. The molecule has 3 heterocycles. The lowest BCUT2D eigenvalue weighted by atomic mass is 10.00. The van der Waals surface area contributed by atoms with Gasteiger partial charge < -0.3 is 14.0 Å². The second-order valence-electron chi connectivity index (χ2n) is 12.0. The van der Waals surface area contributed by atoms with Gasteiger partial charge in [-0.05, 0) is 72.8 Å². The first-order valence-electron chi connectivity index (χ1n) is 17.3. The summed E-state index contributed by atoms with van der Waals surface area (Å²) in [5, 5.41) is 8.85. The second-order valence-corrected chi connectivity index (χ2v) is 12.0. The number of carbonyl (C=O) groups is 6. The van der Waals surface area contributed by atoms with Gasteiger partial charge in [-0.3, -0.25) is 28.4 Å². The van der Waals surface area contributed by atoms with Crippen molar-refractivity contribution in [2.45, 2.75) is 12.8 Å². The number of nitrogens with zero attached hydrogens (tertiary/aromatic N) is 5. The molecule has 0 amide bonds. The van der Waals surface area contributed by atoms with Crippen LogP contribution < -0.4 is 0 Å². The van der Waals surface area contributed by atoms with Gasteiger partial charge in [-0.2, -0.15) is 0 Å². The lowest BCUT2D eigenvalue weighted by Crippen LogP contribution is -2.20. The normalized spacial score (nSPS) is 11.5. The van der Waals surface area contributed by atoms with Crippen LogP contribution in [0.1, 0.15) is 33.6 Å². The van der Waals surface area contributed by atoms with Gasteiger partial charge in [0.25, 0.3) is 0 Å². The summed E-state index contributed by atoms with van der Waals surface area (Å²) in [5.41, 5.74) is 2.05. The van der Waals surface area contributed by atoms with Crippen LogP contribution in [-0.2, 0) is 28.7 Å². The Balaban J connectivity index is 1.41. The predicted octanol–water partition coefficient (Wildman–Crippen LogP) is 7.07. The van der Waals surface area contributed by atoms with Crippen LogP contribution in [0.3, 0.4) is 0 Å². The molecule has 6 rings (SSSR count). The van der Waals surface area contributed by atoms with Crippen LogP contribution in [0.2, 0.25) is 0 Å². The van der Waals surface area contributed by atoms with E-state index in [1.807, 2.05) is 34.9 Å². The monoisotopic (exact) mass is 767 g/mol. The van der Waals surface area contributed by atoms with E-state index in [0.29, 0.717) is 21.8 Å². The van der Waals surface area contributed by atoms with Crippen molar-refractivity contribution in [1.82, 2.24) is 13.7 Å². The molecule has 3 aromatic heterocycles. The van der Waals surface area contributed by atoms with E-state index in [2.05, 4.69) is 23.5 Å². The van der Waals surface area contributed by atoms with Gasteiger partial charge >= 0.3 is 24.1 Å². The fourth-order valence-electron chi connectivity index (χ4n) is 5.70. The molecule has 15 nitrogen and oxygen atoms in total. The smallest absolute Gasteiger partial charge is 0.444 e. The number of esters is 2. The zero-order valence-corrected chi connectivity index (χ0v) is 30.2. The molecule has 57 heavy (non-hydrogen) atoms. The van der Waals surface area contributed by atoms with Crippen molar-refractivity contribution >= 4 is 68.9 Å². The Hall–Kier alpha value is -7.94. The number of carbonyl (C=O) groups excluding carboxylic acids is 6. The van der Waals surface area contributed by atoms with Gasteiger partial charge in [0.1, 0.15) is 11.4 Å². The highest BCUT2D eigenvalue weighted by molar-refractivity contribution is 6.47. The third-order valence-electron chi connectivity index (χ3n) is 8.43. The number of oxime groups is 2. The van der Waals surface area contributed by atoms with E-state index in [9.17, 15) is 28.8 Å². The number of Topliss-reactive ketones (excluding diaryl/α,β-unsaturated/α-hetero) is 2. The lowest BCUT2D eigenvalue weighted by molar-refractivity contribution is -0.138. The Morgan fingerprint density at radius 3 is 1.39 bits per heavy atom. The fourth-order valence-corrected chi connectivity index (χ4v) is 5.70. The van der Waals surface area contributed by atoms with Crippen molar-refractivity contribution in [3.8, 4) is 5.69 Å². The molecule has 15 heteroatoms. The summed E-state index contributed by atoms with van der Waals surface area (Å²) < 4.78 is 14.4. The highest BCUT2D eigenvalue weighted by Gasteiger charge is 2.23. The molecule has 0 radical (unpaired) electrons. The predicted molar refractivity (Wildman–Crippen MR) is 208 cm³/mol. The molecule has 0 N–H and O–H groups in total. The highest BCUT2D eigenvalue weighted by atomic mass is 16.7. The minimum absolute atomic E-state index is 0.153. The van der Waals surface area contributed by atoms with E-state index in [4.69, 9.17) is 19.1 Å². The summed E-state index contributed by atoms with van der Waals surface area (Å²) in [4.78, 5) is 86.8. The number of ketones is 2. The van der Waals surface area contributed by atoms with Crippen LogP contribution in [0, 0.1) is 0 Å². The molecule has 0 fully saturated rings. The van der Waals surface area contributed by atoms with Crippen molar-refractivity contribution in [3.05, 3.63) is 152 Å². The second kappa shape index (κ2) is 17.9. The maximum atomic E-state index is 14.0. The molecule has 0 saturated carbocycles. The molecule has 0 saturated heterocycles. The lowest BCUT2D eigenvalue weighted by Gasteiger charge is -2.09. The zero-order chi connectivity index (χ0) is 40.3. The Kier molecular flexibility index (Phi) is 12.2. The van der Waals surface area contributed by atoms with Gasteiger partial charge in [-0.1, -0.05) is 41.7 Å². The summed E-state index contributed by atoms with van der Waals surface area (Å²) in [7, 11) is 0. The molecule has 0 aliphatic heterocycles. The molecular formula is C42H33N5O10. The van der Waals surface area contributed by atoms with E-state index in [1.165, 1.54) is 24.8 Å². The Bertz CT molecular complexity index is 2410. The number of aromatic nitrogens is 3. The van der Waals surface area contributed by atoms with Crippen LogP contribution in [-0.4, -0.2) is 74.0 Å². The summed E-state index contributed by atoms with van der Waals surface area (Å²) in [5.74, 6) is -2.66. The zero-order valence-electron chi connectivity index (χ0n) is 30.2. The average Bonchev–Trinajstić information content (AvgIpc) is 4.04. The summed E-state index contributed by atoms with van der Waals surface area (Å²) in [6.45, 7) is 6.22. The maximum Gasteiger partial charge on any atom is 0.444 e. The van der Waals surface area contributed by atoms with Crippen LogP contribution in [0.4, 0.5) is 9.59 Å². The van der Waals surface area contributed by atoms with Gasteiger partial charge in [-0.25, -0.2) is 19.2 Å². The first-order chi connectivity index (χ1) is 27.7. The molecule has 0 unspecified atom stereocenters. The first kappa shape index (κ1) is 38.8. The summed E-state index contributed by atoms with van der Waals surface area (Å²) in [6.07, 6.45) is 5.62. The molecule has 0 spiro atoms. The molecular weight excluding hydrogens is 734 g/mol. The Morgan fingerprint density at radius 2 is 0.982 bits per heavy atom. The number of hydrogen-bond donors (Lipinski definition) is 0. The quantitative estimate of drug-likeness (QED) is 0.0262. The molecule has 6 aromatic rings. The van der Waals surface area contributed by atoms with Gasteiger partial charge in [0, 0.05) is 77.4 Å². The summed E-state index contributed by atoms with van der Waals surface area (Å²) in [6, 6.07) is 25.8. The highest BCUT2D eigenvalue weighted by Crippen LogP contribution is 2.34. The minimum atomic E-state index is -0.867. The topological polar surface area (TPSA) is 179 Å². The number of rotatable bonds is 15. The van der Waals surface area contributed by atoms with Crippen molar-refractivity contribution < 1.29 is 47.9 Å². The third kappa shape index (κ3) is 9.06. The Morgan fingerprint density at radius 1 is 0.561 bits per heavy atom. The number of hydrogen-bond acceptors (Lipinski definition) is 12. The number of fused-ring (bicyclic) bond motifs is 3. The molecule has 3 aromatic carbocycles. The molecule has 0 atom stereocenters. The summed E-state index contributed by atoms with van der Waals surface area (Å²) >= 11 is 0. The molecule has 286 valence electrons. The van der Waals surface area contributed by atoms with Gasteiger partial charge in [0.2, 0.25) is 11.6 Å². The van der Waals surface area contributed by atoms with Crippen LogP contribution in [0.25, 0.3) is 27.5 Å². The number of para-hydroxylation sites is 1. The minimum Gasteiger partial charge on any atom is -0.462 e. The van der Waals surface area contributed by atoms with Crippen molar-refractivity contribution in [2.24, 2.45) is 10.3 Å². The largest absolute Gasteiger partial charge is 0.462 e. The fraction of sp³-hybridized carbons (Fsp3) is 0.0952. The molecule has 0 aliphatic rings. The van der Waals surface area contributed by atoms with Gasteiger partial charge in [0.05, 0.1) is 24.2 Å². The Labute approximate surface area is 324 Å². The van der Waals surface area contributed by atoms with Crippen LogP contribution in [0.5, 0.6) is 0 Å². The van der Waals surface area contributed by atoms with Crippen molar-refractivity contribution in [1.29, 1.82) is 0 Å². The standard InChI is InChI=1S/C42H33N5O10/c1-3-37(48)54-24-18-33(43-56-41(52)45-20-8-9-21-45)39(50)28-14-16-35-31(26-28)32-27-29(15-17-36(32)47(35)30-12-6-5-7-13-30)40(51)34(19-25-55-38(49)4-2)44-57-42(53)46-22-10-11-23-46/h3-17,20-23,26-27H,1-2,18-19,24-25H2/b43-33+,44-34+. The molecule has 0 bridgehead atoms. The van der Waals surface area contributed by atoms with Crippen LogP contribution >= 0.6 is 0 Å². The number of benzene rings is 3. The first-order valence-corrected chi connectivity index (χ1v) is 17.3. The third-order valence-corrected chi connectivity index (χ3v) is 8.43. The van der Waals surface area contributed by atoms with E-state index in [0.717, 1.165) is 27.0 Å². The van der Waals surface area contributed by atoms with Gasteiger partial charge in [-0.15, -0.1) is 0 Å².